The minimum atomic E-state index is -0.145. The smallest absolute Gasteiger partial charge is 0.254 e. The lowest BCUT2D eigenvalue weighted by atomic mass is 10.1. The molecule has 0 unspecified atom stereocenters. The third-order valence-electron chi connectivity index (χ3n) is 2.77. The molecule has 2 aromatic rings. The van der Waals surface area contributed by atoms with Crippen LogP contribution in [0.25, 0.3) is 11.4 Å². The molecule has 1 aromatic carbocycles. The average molecular weight is 283 g/mol. The van der Waals surface area contributed by atoms with Gasteiger partial charge in [0.05, 0.1) is 10.7 Å². The van der Waals surface area contributed by atoms with Gasteiger partial charge >= 0.3 is 0 Å². The molecule has 0 radical (unpaired) electrons. The Morgan fingerprint density at radius 1 is 1.33 bits per heavy atom. The van der Waals surface area contributed by atoms with E-state index in [1.165, 1.54) is 0 Å². The zero-order chi connectivity index (χ0) is 13.3. The molecule has 3 nitrogen and oxygen atoms in total. The second-order valence-electron chi connectivity index (χ2n) is 3.96. The highest BCUT2D eigenvalue weighted by molar-refractivity contribution is 6.35. The summed E-state index contributed by atoms with van der Waals surface area (Å²) < 4.78 is 0. The lowest BCUT2D eigenvalue weighted by Crippen LogP contribution is -2.15. The number of aromatic amines is 1. The number of nitrogens with one attached hydrogen (secondary N) is 1. The van der Waals surface area contributed by atoms with E-state index in [2.05, 4.69) is 9.97 Å². The summed E-state index contributed by atoms with van der Waals surface area (Å²) in [6, 6.07) is 5.07. The third kappa shape index (κ3) is 2.42. The van der Waals surface area contributed by atoms with Crippen molar-refractivity contribution in [1.29, 1.82) is 0 Å². The number of hydrogen-bond acceptors (Lipinski definition) is 2. The molecule has 18 heavy (non-hydrogen) atoms. The minimum absolute atomic E-state index is 0.145. The number of nitrogens with zero attached hydrogens (tertiary/aromatic N) is 1. The molecule has 1 heterocycles. The molecule has 0 aliphatic rings. The van der Waals surface area contributed by atoms with Crippen LogP contribution in [0.5, 0.6) is 0 Å². The molecule has 0 fully saturated rings. The number of aryl methyl sites for hydroxylation is 1. The van der Waals surface area contributed by atoms with E-state index in [1.807, 2.05) is 6.92 Å². The maximum Gasteiger partial charge on any atom is 0.254 e. The van der Waals surface area contributed by atoms with Crippen molar-refractivity contribution < 1.29 is 0 Å². The van der Waals surface area contributed by atoms with E-state index in [9.17, 15) is 4.79 Å². The highest BCUT2D eigenvalue weighted by atomic mass is 35.5. The van der Waals surface area contributed by atoms with Crippen molar-refractivity contribution in [2.45, 2.75) is 20.3 Å². The van der Waals surface area contributed by atoms with Crippen LogP contribution in [0.2, 0.25) is 10.0 Å². The molecular formula is C13H12Cl2N2O. The van der Waals surface area contributed by atoms with Gasteiger partial charge in [0.2, 0.25) is 0 Å². The fourth-order valence-corrected chi connectivity index (χ4v) is 2.11. The average Bonchev–Trinajstić information content (AvgIpc) is 2.35. The zero-order valence-electron chi connectivity index (χ0n) is 10.1. The van der Waals surface area contributed by atoms with Crippen LogP contribution >= 0.6 is 23.2 Å². The van der Waals surface area contributed by atoms with Crippen LogP contribution in [0, 0.1) is 6.92 Å². The summed E-state index contributed by atoms with van der Waals surface area (Å²) in [5.41, 5.74) is 1.90. The van der Waals surface area contributed by atoms with Crippen LogP contribution in [0.15, 0.2) is 23.0 Å². The normalized spacial score (nSPS) is 10.7. The topological polar surface area (TPSA) is 45.8 Å². The fraction of sp³-hybridized carbons (Fsp3) is 0.231. The molecule has 0 atom stereocenters. The van der Waals surface area contributed by atoms with Crippen molar-refractivity contribution in [3.8, 4) is 11.4 Å². The maximum atomic E-state index is 11.8. The molecule has 2 rings (SSSR count). The molecule has 0 aliphatic carbocycles. The monoisotopic (exact) mass is 282 g/mol. The van der Waals surface area contributed by atoms with Crippen molar-refractivity contribution in [1.82, 2.24) is 9.97 Å². The van der Waals surface area contributed by atoms with E-state index < -0.39 is 0 Å². The number of halogens is 2. The van der Waals surface area contributed by atoms with Gasteiger partial charge in [-0.05, 0) is 31.5 Å². The van der Waals surface area contributed by atoms with Gasteiger partial charge in [-0.2, -0.15) is 0 Å². The van der Waals surface area contributed by atoms with Crippen molar-refractivity contribution in [3.63, 3.8) is 0 Å². The maximum absolute atomic E-state index is 11.8. The molecule has 5 heteroatoms. The Labute approximate surface area is 115 Å². The van der Waals surface area contributed by atoms with Crippen LogP contribution < -0.4 is 5.56 Å². The first-order valence-electron chi connectivity index (χ1n) is 5.58. The molecule has 94 valence electrons. The zero-order valence-corrected chi connectivity index (χ0v) is 11.6. The number of benzene rings is 1. The van der Waals surface area contributed by atoms with E-state index in [4.69, 9.17) is 23.2 Å². The summed E-state index contributed by atoms with van der Waals surface area (Å²) in [6.45, 7) is 3.71. The van der Waals surface area contributed by atoms with Crippen LogP contribution in [0.4, 0.5) is 0 Å². The van der Waals surface area contributed by atoms with E-state index in [0.717, 1.165) is 5.69 Å². The van der Waals surface area contributed by atoms with Gasteiger partial charge in [-0.3, -0.25) is 4.79 Å². The fourth-order valence-electron chi connectivity index (χ4n) is 1.73. The predicted molar refractivity (Wildman–Crippen MR) is 74.4 cm³/mol. The third-order valence-corrected chi connectivity index (χ3v) is 3.34. The lowest BCUT2D eigenvalue weighted by Gasteiger charge is -2.07. The first-order valence-corrected chi connectivity index (χ1v) is 6.33. The Morgan fingerprint density at radius 2 is 2.06 bits per heavy atom. The van der Waals surface area contributed by atoms with E-state index in [1.54, 1.807) is 25.1 Å². The van der Waals surface area contributed by atoms with Crippen LogP contribution in [-0.4, -0.2) is 9.97 Å². The summed E-state index contributed by atoms with van der Waals surface area (Å²) in [5, 5.41) is 1.06. The Morgan fingerprint density at radius 3 is 2.72 bits per heavy atom. The van der Waals surface area contributed by atoms with E-state index in [0.29, 0.717) is 33.4 Å². The summed E-state index contributed by atoms with van der Waals surface area (Å²) >= 11 is 12.0. The quantitative estimate of drug-likeness (QED) is 0.915. The molecule has 0 amide bonds. The number of rotatable bonds is 2. The largest absolute Gasteiger partial charge is 0.306 e. The van der Waals surface area contributed by atoms with Crippen molar-refractivity contribution in [3.05, 3.63) is 49.9 Å². The standard InChI is InChI=1S/C13H12Cl2N2O/c1-3-11-7(2)13(18)17-12(16-11)9-6-8(14)4-5-10(9)15/h4-6H,3H2,1-2H3,(H,16,17,18). The molecule has 0 spiro atoms. The minimum Gasteiger partial charge on any atom is -0.306 e. The highest BCUT2D eigenvalue weighted by Gasteiger charge is 2.11. The van der Waals surface area contributed by atoms with Gasteiger partial charge in [0.15, 0.2) is 0 Å². The molecule has 1 N–H and O–H groups in total. The Kier molecular flexibility index (Phi) is 3.73. The SMILES string of the molecule is CCc1nc(-c2cc(Cl)ccc2Cl)[nH]c(=O)c1C. The van der Waals surface area contributed by atoms with Gasteiger partial charge in [0.1, 0.15) is 5.82 Å². The van der Waals surface area contributed by atoms with Gasteiger partial charge in [0.25, 0.3) is 5.56 Å². The number of H-pyrrole nitrogens is 1. The molecule has 1 aromatic heterocycles. The summed E-state index contributed by atoms with van der Waals surface area (Å²) in [7, 11) is 0. The summed E-state index contributed by atoms with van der Waals surface area (Å²) in [5.74, 6) is 0.454. The molecule has 0 saturated heterocycles. The first-order chi connectivity index (χ1) is 8.52. The van der Waals surface area contributed by atoms with Crippen LogP contribution in [0.1, 0.15) is 18.2 Å². The van der Waals surface area contributed by atoms with Gasteiger partial charge in [-0.25, -0.2) is 4.98 Å². The van der Waals surface area contributed by atoms with Gasteiger partial charge < -0.3 is 4.98 Å². The van der Waals surface area contributed by atoms with Gasteiger partial charge in [0, 0.05) is 16.1 Å². The van der Waals surface area contributed by atoms with Crippen LogP contribution in [-0.2, 0) is 6.42 Å². The predicted octanol–water partition coefficient (Wildman–Crippen LogP) is 3.61. The lowest BCUT2D eigenvalue weighted by molar-refractivity contribution is 0.955. The van der Waals surface area contributed by atoms with E-state index in [-0.39, 0.29) is 5.56 Å². The van der Waals surface area contributed by atoms with Crippen molar-refractivity contribution in [2.75, 3.05) is 0 Å². The number of hydrogen-bond donors (Lipinski definition) is 1. The highest BCUT2D eigenvalue weighted by Crippen LogP contribution is 2.27. The van der Waals surface area contributed by atoms with Crippen LogP contribution in [0.3, 0.4) is 0 Å². The Balaban J connectivity index is 2.68. The van der Waals surface area contributed by atoms with E-state index >= 15 is 0 Å². The second kappa shape index (κ2) is 5.12. The molecule has 0 bridgehead atoms. The molecule has 0 saturated carbocycles. The second-order valence-corrected chi connectivity index (χ2v) is 4.81. The number of aromatic nitrogens is 2. The Hall–Kier alpha value is -1.32. The Bertz CT molecular complexity index is 650. The summed E-state index contributed by atoms with van der Waals surface area (Å²) in [6.07, 6.45) is 0.695. The molecule has 0 aliphatic heterocycles. The first kappa shape index (κ1) is 13.1. The van der Waals surface area contributed by atoms with Crippen molar-refractivity contribution >= 4 is 23.2 Å². The molecular weight excluding hydrogens is 271 g/mol. The van der Waals surface area contributed by atoms with Crippen molar-refractivity contribution in [2.24, 2.45) is 0 Å². The van der Waals surface area contributed by atoms with Gasteiger partial charge in [-0.15, -0.1) is 0 Å². The summed E-state index contributed by atoms with van der Waals surface area (Å²) in [4.78, 5) is 19.0. The van der Waals surface area contributed by atoms with Gasteiger partial charge in [-0.1, -0.05) is 30.1 Å².